The number of aryl methyl sites for hydroxylation is 1. The van der Waals surface area contributed by atoms with E-state index in [1.165, 1.54) is 24.0 Å². The summed E-state index contributed by atoms with van der Waals surface area (Å²) in [4.78, 5) is 12.5. The minimum Gasteiger partial charge on any atom is -0.497 e. The van der Waals surface area contributed by atoms with Gasteiger partial charge in [-0.1, -0.05) is 31.2 Å². The Morgan fingerprint density at radius 2 is 1.90 bits per heavy atom. The maximum atomic E-state index is 12.5. The first-order chi connectivity index (χ1) is 14.6. The van der Waals surface area contributed by atoms with Gasteiger partial charge in [-0.2, -0.15) is 0 Å². The Kier molecular flexibility index (Phi) is 4.96. The SMILES string of the molecule is COc1ccc2c(c1)CCC1C2CCC2(C)C1CC[C@@H]2OC(=O)Nc1ccccc1. The number of para-hydroxylation sites is 1. The third-order valence-corrected chi connectivity index (χ3v) is 8.12. The van der Waals surface area contributed by atoms with Crippen LogP contribution in [0.25, 0.3) is 0 Å². The normalized spacial score (nSPS) is 31.8. The second-order valence-corrected chi connectivity index (χ2v) is 9.49. The monoisotopic (exact) mass is 405 g/mol. The predicted octanol–water partition coefficient (Wildman–Crippen LogP) is 6.17. The van der Waals surface area contributed by atoms with Gasteiger partial charge in [0, 0.05) is 11.1 Å². The van der Waals surface area contributed by atoms with Crippen LogP contribution in [-0.2, 0) is 11.2 Å². The molecule has 0 heterocycles. The minimum absolute atomic E-state index is 0.00410. The van der Waals surface area contributed by atoms with Crippen LogP contribution in [0.3, 0.4) is 0 Å². The Bertz CT molecular complexity index is 927. The Labute approximate surface area is 179 Å². The number of amides is 1. The van der Waals surface area contributed by atoms with E-state index in [0.29, 0.717) is 17.8 Å². The van der Waals surface area contributed by atoms with Gasteiger partial charge in [0.1, 0.15) is 11.9 Å². The summed E-state index contributed by atoms with van der Waals surface area (Å²) in [7, 11) is 1.74. The van der Waals surface area contributed by atoms with Crippen LogP contribution in [0.15, 0.2) is 48.5 Å². The molecule has 3 aliphatic carbocycles. The summed E-state index contributed by atoms with van der Waals surface area (Å²) in [6, 6.07) is 16.2. The second kappa shape index (κ2) is 7.64. The number of ether oxygens (including phenoxy) is 2. The molecule has 4 heteroatoms. The molecule has 4 nitrogen and oxygen atoms in total. The lowest BCUT2D eigenvalue weighted by molar-refractivity contribution is -0.0278. The molecular weight excluding hydrogens is 374 g/mol. The van der Waals surface area contributed by atoms with E-state index < -0.39 is 0 Å². The maximum absolute atomic E-state index is 12.5. The molecule has 0 radical (unpaired) electrons. The molecule has 30 heavy (non-hydrogen) atoms. The molecular formula is C26H31NO3. The predicted molar refractivity (Wildman–Crippen MR) is 118 cm³/mol. The highest BCUT2D eigenvalue weighted by atomic mass is 16.6. The molecule has 5 atom stereocenters. The van der Waals surface area contributed by atoms with Crippen molar-refractivity contribution in [3.63, 3.8) is 0 Å². The number of anilines is 1. The van der Waals surface area contributed by atoms with Gasteiger partial charge in [-0.15, -0.1) is 0 Å². The fourth-order valence-corrected chi connectivity index (χ4v) is 6.63. The van der Waals surface area contributed by atoms with E-state index >= 15 is 0 Å². The van der Waals surface area contributed by atoms with Gasteiger partial charge in [-0.3, -0.25) is 5.32 Å². The molecule has 0 aromatic heterocycles. The topological polar surface area (TPSA) is 47.6 Å². The van der Waals surface area contributed by atoms with Crippen molar-refractivity contribution in [3.8, 4) is 5.75 Å². The first-order valence-electron chi connectivity index (χ1n) is 11.3. The van der Waals surface area contributed by atoms with Crippen LogP contribution in [-0.4, -0.2) is 19.3 Å². The van der Waals surface area contributed by atoms with Gasteiger partial charge in [0.05, 0.1) is 7.11 Å². The molecule has 3 aliphatic rings. The molecule has 1 N–H and O–H groups in total. The number of carbonyl (C=O) groups excluding carboxylic acids is 1. The molecule has 5 rings (SSSR count). The Hall–Kier alpha value is -2.49. The van der Waals surface area contributed by atoms with Gasteiger partial charge in [-0.25, -0.2) is 4.79 Å². The summed E-state index contributed by atoms with van der Waals surface area (Å²) in [6.07, 6.45) is 6.47. The Morgan fingerprint density at radius 3 is 2.70 bits per heavy atom. The average molecular weight is 406 g/mol. The third-order valence-electron chi connectivity index (χ3n) is 8.12. The number of rotatable bonds is 3. The largest absolute Gasteiger partial charge is 0.497 e. The zero-order valence-corrected chi connectivity index (χ0v) is 17.9. The average Bonchev–Trinajstić information content (AvgIpc) is 3.10. The van der Waals surface area contributed by atoms with Crippen LogP contribution < -0.4 is 10.1 Å². The number of carbonyl (C=O) groups is 1. The second-order valence-electron chi connectivity index (χ2n) is 9.49. The molecule has 1 amide bonds. The zero-order chi connectivity index (χ0) is 20.7. The molecule has 0 aliphatic heterocycles. The fourth-order valence-electron chi connectivity index (χ4n) is 6.63. The first-order valence-corrected chi connectivity index (χ1v) is 11.3. The van der Waals surface area contributed by atoms with Crippen LogP contribution in [0.1, 0.15) is 56.1 Å². The standard InChI is InChI=1S/C26H31NO3/c1-26-15-14-21-20-11-9-19(29-2)16-17(20)8-10-22(21)23(26)12-13-24(26)30-25(28)27-18-6-4-3-5-7-18/h3-7,9,11,16,21-24H,8,10,12-15H2,1-2H3,(H,27,28)/t21?,22?,23?,24-,26?/m0/s1. The van der Waals surface area contributed by atoms with Crippen molar-refractivity contribution in [2.75, 3.05) is 12.4 Å². The van der Waals surface area contributed by atoms with Crippen molar-refractivity contribution in [1.29, 1.82) is 0 Å². The third kappa shape index (κ3) is 3.27. The van der Waals surface area contributed by atoms with Gasteiger partial charge in [0.2, 0.25) is 0 Å². The molecule has 0 bridgehead atoms. The number of hydrogen-bond donors (Lipinski definition) is 1. The highest BCUT2D eigenvalue weighted by Gasteiger charge is 2.56. The van der Waals surface area contributed by atoms with Gasteiger partial charge >= 0.3 is 6.09 Å². The van der Waals surface area contributed by atoms with Crippen molar-refractivity contribution in [2.24, 2.45) is 17.3 Å². The number of fused-ring (bicyclic) bond motifs is 5. The van der Waals surface area contributed by atoms with Gasteiger partial charge < -0.3 is 9.47 Å². The van der Waals surface area contributed by atoms with Crippen molar-refractivity contribution < 1.29 is 14.3 Å². The Balaban J connectivity index is 1.31. The lowest BCUT2D eigenvalue weighted by atomic mass is 9.55. The summed E-state index contributed by atoms with van der Waals surface area (Å²) in [5, 5.41) is 2.89. The van der Waals surface area contributed by atoms with E-state index in [1.807, 2.05) is 30.3 Å². The van der Waals surface area contributed by atoms with Crippen LogP contribution in [0.2, 0.25) is 0 Å². The van der Waals surface area contributed by atoms with Crippen LogP contribution in [0.4, 0.5) is 10.5 Å². The number of benzene rings is 2. The molecule has 2 aromatic carbocycles. The minimum atomic E-state index is -0.323. The molecule has 0 saturated heterocycles. The number of nitrogens with one attached hydrogen (secondary N) is 1. The first kappa shape index (κ1) is 19.5. The lowest BCUT2D eigenvalue weighted by Gasteiger charge is -2.50. The summed E-state index contributed by atoms with van der Waals surface area (Å²) in [5.74, 6) is 2.91. The van der Waals surface area contributed by atoms with Crippen LogP contribution in [0, 0.1) is 17.3 Å². The van der Waals surface area contributed by atoms with E-state index in [4.69, 9.17) is 9.47 Å². The smallest absolute Gasteiger partial charge is 0.411 e. The van der Waals surface area contributed by atoms with Gasteiger partial charge in [0.25, 0.3) is 0 Å². The molecule has 2 aromatic rings. The van der Waals surface area contributed by atoms with Crippen molar-refractivity contribution >= 4 is 11.8 Å². The highest BCUT2D eigenvalue weighted by molar-refractivity contribution is 5.84. The molecule has 2 fully saturated rings. The Morgan fingerprint density at radius 1 is 1.07 bits per heavy atom. The lowest BCUT2D eigenvalue weighted by Crippen LogP contribution is -2.45. The van der Waals surface area contributed by atoms with E-state index in [9.17, 15) is 4.79 Å². The van der Waals surface area contributed by atoms with Crippen LogP contribution >= 0.6 is 0 Å². The molecule has 0 spiro atoms. The maximum Gasteiger partial charge on any atom is 0.411 e. The molecule has 2 saturated carbocycles. The summed E-state index contributed by atoms with van der Waals surface area (Å²) >= 11 is 0. The summed E-state index contributed by atoms with van der Waals surface area (Å²) in [5.41, 5.74) is 3.86. The van der Waals surface area contributed by atoms with E-state index in [-0.39, 0.29) is 17.6 Å². The van der Waals surface area contributed by atoms with Crippen molar-refractivity contribution in [3.05, 3.63) is 59.7 Å². The quantitative estimate of drug-likeness (QED) is 0.664. The number of hydrogen-bond acceptors (Lipinski definition) is 3. The van der Waals surface area contributed by atoms with Crippen molar-refractivity contribution in [1.82, 2.24) is 0 Å². The van der Waals surface area contributed by atoms with Gasteiger partial charge in [-0.05, 0) is 91.7 Å². The number of methoxy groups -OCH3 is 1. The van der Waals surface area contributed by atoms with Gasteiger partial charge in [0.15, 0.2) is 0 Å². The van der Waals surface area contributed by atoms with E-state index in [2.05, 4.69) is 30.4 Å². The van der Waals surface area contributed by atoms with Crippen LogP contribution in [0.5, 0.6) is 5.75 Å². The zero-order valence-electron chi connectivity index (χ0n) is 17.9. The fraction of sp³-hybridized carbons (Fsp3) is 0.500. The summed E-state index contributed by atoms with van der Waals surface area (Å²) < 4.78 is 11.4. The highest BCUT2D eigenvalue weighted by Crippen LogP contribution is 2.61. The van der Waals surface area contributed by atoms with E-state index in [0.717, 1.165) is 37.1 Å². The molecule has 4 unspecified atom stereocenters. The van der Waals surface area contributed by atoms with E-state index in [1.54, 1.807) is 7.11 Å². The van der Waals surface area contributed by atoms with Crippen molar-refractivity contribution in [2.45, 2.75) is 57.5 Å². The summed E-state index contributed by atoms with van der Waals surface area (Å²) in [6.45, 7) is 2.37. The molecule has 158 valence electrons.